The average Bonchev–Trinajstić information content (AvgIpc) is 3.05. The first-order valence-corrected chi connectivity index (χ1v) is 8.26. The van der Waals surface area contributed by atoms with Gasteiger partial charge < -0.3 is 21.0 Å². The Morgan fingerprint density at radius 3 is 2.46 bits per heavy atom. The number of hydrogen-bond donors (Lipinski definition) is 2. The molecule has 2 rings (SSSR count). The van der Waals surface area contributed by atoms with Gasteiger partial charge in [-0.15, -0.1) is 0 Å². The van der Waals surface area contributed by atoms with Crippen LogP contribution in [0.25, 0.3) is 0 Å². The molecule has 1 aromatic carbocycles. The van der Waals surface area contributed by atoms with Crippen LogP contribution in [0.3, 0.4) is 0 Å². The molecule has 1 aromatic heterocycles. The molecule has 138 valence electrons. The van der Waals surface area contributed by atoms with E-state index in [1.807, 2.05) is 0 Å². The summed E-state index contributed by atoms with van der Waals surface area (Å²) in [5, 5.41) is 7.75. The van der Waals surface area contributed by atoms with Gasteiger partial charge in [0, 0.05) is 11.8 Å². The molecular weight excluding hydrogens is 406 g/mol. The van der Waals surface area contributed by atoms with E-state index in [-0.39, 0.29) is 12.4 Å². The van der Waals surface area contributed by atoms with Crippen molar-refractivity contribution in [3.05, 3.63) is 46.7 Å². The van der Waals surface area contributed by atoms with Gasteiger partial charge in [0.25, 0.3) is 5.91 Å². The zero-order chi connectivity index (χ0) is 19.3. The molecule has 10 heteroatoms. The lowest BCUT2D eigenvalue weighted by Crippen LogP contribution is -2.37. The zero-order valence-corrected chi connectivity index (χ0v) is 15.8. The van der Waals surface area contributed by atoms with Gasteiger partial charge >= 0.3 is 5.97 Å². The molecule has 4 N–H and O–H groups in total. The third-order valence-corrected chi connectivity index (χ3v) is 3.79. The van der Waals surface area contributed by atoms with E-state index >= 15 is 0 Å². The molecule has 0 aliphatic heterocycles. The molecule has 0 aliphatic rings. The van der Waals surface area contributed by atoms with Gasteiger partial charge in [0.2, 0.25) is 0 Å². The van der Waals surface area contributed by atoms with E-state index in [4.69, 9.17) is 21.0 Å². The molecule has 0 saturated carbocycles. The van der Waals surface area contributed by atoms with Crippen molar-refractivity contribution in [2.45, 2.75) is 19.4 Å². The second kappa shape index (κ2) is 8.00. The zero-order valence-electron chi connectivity index (χ0n) is 14.2. The highest BCUT2D eigenvalue weighted by Gasteiger charge is 2.33. The van der Waals surface area contributed by atoms with Crippen molar-refractivity contribution in [1.82, 2.24) is 9.78 Å². The number of oxime groups is 1. The van der Waals surface area contributed by atoms with Gasteiger partial charge in [0.05, 0.1) is 10.7 Å². The number of benzene rings is 1. The van der Waals surface area contributed by atoms with E-state index in [1.165, 1.54) is 4.68 Å². The summed E-state index contributed by atoms with van der Waals surface area (Å²) in [7, 11) is 0. The fraction of sp³-hybridized carbons (Fsp3) is 0.250. The number of amides is 1. The highest BCUT2D eigenvalue weighted by Crippen LogP contribution is 2.19. The summed E-state index contributed by atoms with van der Waals surface area (Å²) in [4.78, 5) is 27.9. The van der Waals surface area contributed by atoms with Crippen molar-refractivity contribution < 1.29 is 19.2 Å². The second-order valence-electron chi connectivity index (χ2n) is 5.80. The number of halogens is 1. The van der Waals surface area contributed by atoms with Gasteiger partial charge in [-0.25, -0.2) is 4.79 Å². The maximum Gasteiger partial charge on any atom is 0.361 e. The Morgan fingerprint density at radius 2 is 1.92 bits per heavy atom. The first-order chi connectivity index (χ1) is 12.2. The first-order valence-electron chi connectivity index (χ1n) is 7.47. The highest BCUT2D eigenvalue weighted by molar-refractivity contribution is 9.10. The number of rotatable bonds is 7. The van der Waals surface area contributed by atoms with Gasteiger partial charge in [0.15, 0.2) is 18.0 Å². The molecule has 0 unspecified atom stereocenters. The number of amidine groups is 1. The van der Waals surface area contributed by atoms with E-state index in [0.717, 1.165) is 4.47 Å². The van der Waals surface area contributed by atoms with E-state index in [0.29, 0.717) is 11.3 Å². The van der Waals surface area contributed by atoms with Crippen molar-refractivity contribution in [3.63, 3.8) is 0 Å². The van der Waals surface area contributed by atoms with E-state index in [9.17, 15) is 9.59 Å². The SMILES string of the molecule is CC(C)(C(=O)O/N=C(\N)c1ccc(OCC(N)=O)cc1)n1cc(Br)cn1. The summed E-state index contributed by atoms with van der Waals surface area (Å²) >= 11 is 3.27. The van der Waals surface area contributed by atoms with Crippen molar-refractivity contribution in [2.75, 3.05) is 6.61 Å². The summed E-state index contributed by atoms with van der Waals surface area (Å²) < 4.78 is 7.33. The number of ether oxygens (including phenoxy) is 1. The minimum atomic E-state index is -1.07. The van der Waals surface area contributed by atoms with Gasteiger partial charge in [-0.3, -0.25) is 9.48 Å². The molecular formula is C16H18BrN5O4. The molecule has 26 heavy (non-hydrogen) atoms. The summed E-state index contributed by atoms with van der Waals surface area (Å²) in [6.45, 7) is 3.07. The van der Waals surface area contributed by atoms with Crippen LogP contribution in [0, 0.1) is 0 Å². The van der Waals surface area contributed by atoms with Crippen molar-refractivity contribution in [2.24, 2.45) is 16.6 Å². The summed E-state index contributed by atoms with van der Waals surface area (Å²) in [5.74, 6) is -0.744. The van der Waals surface area contributed by atoms with Crippen LogP contribution in [0.5, 0.6) is 5.75 Å². The lowest BCUT2D eigenvalue weighted by Gasteiger charge is -2.21. The fourth-order valence-electron chi connectivity index (χ4n) is 1.83. The van der Waals surface area contributed by atoms with E-state index in [2.05, 4.69) is 26.2 Å². The number of nitrogens with zero attached hydrogens (tertiary/aromatic N) is 3. The smallest absolute Gasteiger partial charge is 0.361 e. The number of nitrogens with two attached hydrogens (primary N) is 2. The number of carbonyl (C=O) groups is 2. The Bertz CT molecular complexity index is 829. The lowest BCUT2D eigenvalue weighted by molar-refractivity contribution is -0.153. The molecule has 1 heterocycles. The number of primary amides is 1. The topological polar surface area (TPSA) is 135 Å². The van der Waals surface area contributed by atoms with Crippen LogP contribution in [-0.4, -0.2) is 34.1 Å². The Morgan fingerprint density at radius 1 is 1.27 bits per heavy atom. The Labute approximate surface area is 158 Å². The maximum atomic E-state index is 12.3. The van der Waals surface area contributed by atoms with Crippen LogP contribution in [0.4, 0.5) is 0 Å². The van der Waals surface area contributed by atoms with Gasteiger partial charge in [0.1, 0.15) is 5.75 Å². The van der Waals surface area contributed by atoms with Crippen LogP contribution in [0.2, 0.25) is 0 Å². The fourth-order valence-corrected chi connectivity index (χ4v) is 2.12. The van der Waals surface area contributed by atoms with E-state index < -0.39 is 17.4 Å². The first kappa shape index (κ1) is 19.4. The van der Waals surface area contributed by atoms with Crippen LogP contribution in [0.15, 0.2) is 46.3 Å². The van der Waals surface area contributed by atoms with Crippen molar-refractivity contribution in [1.29, 1.82) is 0 Å². The quantitative estimate of drug-likeness (QED) is 0.296. The minimum absolute atomic E-state index is 0.0113. The molecule has 2 aromatic rings. The third-order valence-electron chi connectivity index (χ3n) is 3.38. The molecule has 0 radical (unpaired) electrons. The van der Waals surface area contributed by atoms with Gasteiger partial charge in [-0.2, -0.15) is 5.10 Å². The Kier molecular flexibility index (Phi) is 5.98. The molecule has 9 nitrogen and oxygen atoms in total. The minimum Gasteiger partial charge on any atom is -0.484 e. The predicted molar refractivity (Wildman–Crippen MR) is 97.2 cm³/mol. The number of hydrogen-bond acceptors (Lipinski definition) is 6. The van der Waals surface area contributed by atoms with E-state index in [1.54, 1.807) is 50.5 Å². The summed E-state index contributed by atoms with van der Waals surface area (Å²) in [6.07, 6.45) is 3.22. The molecule has 0 bridgehead atoms. The lowest BCUT2D eigenvalue weighted by atomic mass is 10.1. The van der Waals surface area contributed by atoms with Gasteiger partial charge in [-0.1, -0.05) is 5.16 Å². The molecule has 1 amide bonds. The highest BCUT2D eigenvalue weighted by atomic mass is 79.9. The number of aromatic nitrogens is 2. The van der Waals surface area contributed by atoms with Crippen LogP contribution in [0.1, 0.15) is 19.4 Å². The molecule has 0 fully saturated rings. The summed E-state index contributed by atoms with van der Waals surface area (Å²) in [5.41, 5.74) is 10.3. The van der Waals surface area contributed by atoms with Crippen molar-refractivity contribution >= 4 is 33.6 Å². The van der Waals surface area contributed by atoms with Gasteiger partial charge in [-0.05, 0) is 54.0 Å². The third kappa shape index (κ3) is 4.82. The van der Waals surface area contributed by atoms with Crippen LogP contribution in [-0.2, 0) is 20.0 Å². The summed E-state index contributed by atoms with van der Waals surface area (Å²) in [6, 6.07) is 6.40. The largest absolute Gasteiger partial charge is 0.484 e. The average molecular weight is 424 g/mol. The van der Waals surface area contributed by atoms with Crippen molar-refractivity contribution in [3.8, 4) is 5.75 Å². The maximum absolute atomic E-state index is 12.3. The predicted octanol–water partition coefficient (Wildman–Crippen LogP) is 1.11. The Hall–Kier alpha value is -2.88. The standard InChI is InChI=1S/C16H18BrN5O4/c1-16(2,22-8-11(17)7-20-22)15(24)26-21-14(19)10-3-5-12(6-4-10)25-9-13(18)23/h3-8H,9H2,1-2H3,(H2,18,23)(H2,19,21). The molecule has 0 atom stereocenters. The second-order valence-corrected chi connectivity index (χ2v) is 6.71. The monoisotopic (exact) mass is 423 g/mol. The number of carbonyl (C=O) groups excluding carboxylic acids is 2. The Balaban J connectivity index is 2.02. The van der Waals surface area contributed by atoms with Crippen LogP contribution < -0.4 is 16.2 Å². The normalized spacial score (nSPS) is 11.9. The molecule has 0 aliphatic carbocycles. The van der Waals surface area contributed by atoms with Crippen LogP contribution >= 0.6 is 15.9 Å². The molecule has 0 saturated heterocycles. The molecule has 0 spiro atoms.